The third kappa shape index (κ3) is 5.27. The first-order valence-electron chi connectivity index (χ1n) is 8.74. The molecule has 0 bridgehead atoms. The highest BCUT2D eigenvalue weighted by atomic mass is 32.1. The normalized spacial score (nSPS) is 14.5. The second kappa shape index (κ2) is 8.96. The molecule has 1 aromatic heterocycles. The smallest absolute Gasteiger partial charge is 0.280 e. The highest BCUT2D eigenvalue weighted by Gasteiger charge is 2.25. The largest absolute Gasteiger partial charge is 0.365 e. The topological polar surface area (TPSA) is 106 Å². The van der Waals surface area contributed by atoms with E-state index in [2.05, 4.69) is 10.6 Å². The number of primary amides is 1. The van der Waals surface area contributed by atoms with Crippen molar-refractivity contribution < 1.29 is 19.3 Å². The van der Waals surface area contributed by atoms with Gasteiger partial charge in [0.05, 0.1) is 12.6 Å². The fourth-order valence-electron chi connectivity index (χ4n) is 3.02. The van der Waals surface area contributed by atoms with Crippen LogP contribution in [0.2, 0.25) is 0 Å². The predicted octanol–water partition coefficient (Wildman–Crippen LogP) is -0.295. The lowest BCUT2D eigenvalue weighted by Crippen LogP contribution is -3.11. The van der Waals surface area contributed by atoms with Gasteiger partial charge in [-0.3, -0.25) is 14.4 Å². The van der Waals surface area contributed by atoms with Crippen molar-refractivity contribution in [1.29, 1.82) is 0 Å². The van der Waals surface area contributed by atoms with Crippen molar-refractivity contribution in [2.75, 3.05) is 32.0 Å². The van der Waals surface area contributed by atoms with E-state index in [1.54, 1.807) is 7.05 Å². The average Bonchev–Trinajstić information content (AvgIpc) is 2.90. The van der Waals surface area contributed by atoms with Gasteiger partial charge < -0.3 is 21.3 Å². The molecular formula is C17H27N4O3S+. The molecule has 0 fully saturated rings. The molecule has 5 N–H and O–H groups in total. The van der Waals surface area contributed by atoms with E-state index in [1.807, 2.05) is 6.92 Å². The summed E-state index contributed by atoms with van der Waals surface area (Å²) in [5.74, 6) is -0.784. The van der Waals surface area contributed by atoms with Crippen molar-refractivity contribution in [1.82, 2.24) is 5.32 Å². The highest BCUT2D eigenvalue weighted by molar-refractivity contribution is 7.17. The SMILES string of the molecule is CCCNC(=O)C[NH+](C)CC(=O)Nc1sc2c(c1C(N)=O)CCCC2. The van der Waals surface area contributed by atoms with Gasteiger partial charge in [-0.1, -0.05) is 6.92 Å². The monoisotopic (exact) mass is 367 g/mol. The first-order chi connectivity index (χ1) is 11.9. The number of quaternary nitrogens is 1. The summed E-state index contributed by atoms with van der Waals surface area (Å²) in [5.41, 5.74) is 6.99. The Hall–Kier alpha value is -1.93. The number of amides is 3. The molecule has 138 valence electrons. The third-order valence-corrected chi connectivity index (χ3v) is 5.37. The zero-order valence-electron chi connectivity index (χ0n) is 14.9. The summed E-state index contributed by atoms with van der Waals surface area (Å²) in [6.45, 7) is 3.01. The van der Waals surface area contributed by atoms with Crippen LogP contribution in [0.5, 0.6) is 0 Å². The summed E-state index contributed by atoms with van der Waals surface area (Å²) in [6.07, 6.45) is 4.78. The Bertz CT molecular complexity index is 657. The van der Waals surface area contributed by atoms with E-state index in [4.69, 9.17) is 5.73 Å². The summed E-state index contributed by atoms with van der Waals surface area (Å²) < 4.78 is 0. The molecular weight excluding hydrogens is 340 g/mol. The Morgan fingerprint density at radius 1 is 1.16 bits per heavy atom. The summed E-state index contributed by atoms with van der Waals surface area (Å²) in [7, 11) is 1.79. The lowest BCUT2D eigenvalue weighted by Gasteiger charge is -2.13. The third-order valence-electron chi connectivity index (χ3n) is 4.17. The summed E-state index contributed by atoms with van der Waals surface area (Å²) in [4.78, 5) is 37.8. The van der Waals surface area contributed by atoms with Crippen LogP contribution in [0.1, 0.15) is 47.0 Å². The van der Waals surface area contributed by atoms with Crippen LogP contribution in [-0.2, 0) is 22.4 Å². The maximum atomic E-state index is 12.3. The zero-order valence-corrected chi connectivity index (χ0v) is 15.7. The Morgan fingerprint density at radius 3 is 2.52 bits per heavy atom. The summed E-state index contributed by atoms with van der Waals surface area (Å²) >= 11 is 1.45. The lowest BCUT2D eigenvalue weighted by atomic mass is 9.95. The summed E-state index contributed by atoms with van der Waals surface area (Å²) in [6, 6.07) is 0. The van der Waals surface area contributed by atoms with Gasteiger partial charge in [0.1, 0.15) is 5.00 Å². The molecule has 1 aromatic rings. The quantitative estimate of drug-likeness (QED) is 0.507. The van der Waals surface area contributed by atoms with Gasteiger partial charge in [0, 0.05) is 11.4 Å². The number of nitrogens with one attached hydrogen (secondary N) is 3. The molecule has 0 saturated heterocycles. The number of likely N-dealkylation sites (N-methyl/N-ethyl adjacent to an activating group) is 1. The van der Waals surface area contributed by atoms with Crippen molar-refractivity contribution in [3.05, 3.63) is 16.0 Å². The van der Waals surface area contributed by atoms with E-state index in [-0.39, 0.29) is 24.9 Å². The maximum absolute atomic E-state index is 12.3. The van der Waals surface area contributed by atoms with Crippen LogP contribution in [0.25, 0.3) is 0 Å². The molecule has 1 atom stereocenters. The Morgan fingerprint density at radius 2 is 1.84 bits per heavy atom. The van der Waals surface area contributed by atoms with Crippen LogP contribution >= 0.6 is 11.3 Å². The van der Waals surface area contributed by atoms with Crippen LogP contribution in [0, 0.1) is 0 Å². The van der Waals surface area contributed by atoms with E-state index < -0.39 is 5.91 Å². The minimum atomic E-state index is -0.491. The molecule has 0 spiro atoms. The first-order valence-corrected chi connectivity index (χ1v) is 9.56. The van der Waals surface area contributed by atoms with Crippen molar-refractivity contribution in [3.63, 3.8) is 0 Å². The first kappa shape index (κ1) is 19.4. The minimum Gasteiger partial charge on any atom is -0.365 e. The van der Waals surface area contributed by atoms with Crippen molar-refractivity contribution in [2.24, 2.45) is 5.73 Å². The fraction of sp³-hybridized carbons (Fsp3) is 0.588. The van der Waals surface area contributed by atoms with Gasteiger partial charge in [0.2, 0.25) is 0 Å². The molecule has 1 heterocycles. The molecule has 0 aromatic carbocycles. The standard InChI is InChI=1S/C17H26N4O3S/c1-3-8-19-13(22)9-21(2)10-14(23)20-17-15(16(18)24)11-6-4-5-7-12(11)25-17/h3-10H2,1-2H3,(H2,18,24)(H,19,22)(H,20,23)/p+1. The maximum Gasteiger partial charge on any atom is 0.280 e. The highest BCUT2D eigenvalue weighted by Crippen LogP contribution is 2.37. The van der Waals surface area contributed by atoms with E-state index in [1.165, 1.54) is 11.3 Å². The van der Waals surface area contributed by atoms with Crippen molar-refractivity contribution in [2.45, 2.75) is 39.0 Å². The number of nitrogens with two attached hydrogens (primary N) is 1. The van der Waals surface area contributed by atoms with Crippen molar-refractivity contribution in [3.8, 4) is 0 Å². The molecule has 0 radical (unpaired) electrons. The summed E-state index contributed by atoms with van der Waals surface area (Å²) in [5, 5.41) is 6.16. The zero-order chi connectivity index (χ0) is 18.4. The van der Waals surface area contributed by atoms with Gasteiger partial charge >= 0.3 is 0 Å². The van der Waals surface area contributed by atoms with Crippen molar-refractivity contribution >= 4 is 34.1 Å². The van der Waals surface area contributed by atoms with E-state index in [0.717, 1.165) is 47.4 Å². The van der Waals surface area contributed by atoms with Gasteiger partial charge in [-0.05, 0) is 37.7 Å². The van der Waals surface area contributed by atoms with Crippen LogP contribution in [0.15, 0.2) is 0 Å². The van der Waals surface area contributed by atoms with Gasteiger partial charge in [0.15, 0.2) is 13.1 Å². The van der Waals surface area contributed by atoms with Crippen LogP contribution in [0.3, 0.4) is 0 Å². The molecule has 3 amide bonds. The fourth-order valence-corrected chi connectivity index (χ4v) is 4.33. The number of rotatable bonds is 8. The van der Waals surface area contributed by atoms with Gasteiger partial charge in [0.25, 0.3) is 17.7 Å². The molecule has 25 heavy (non-hydrogen) atoms. The van der Waals surface area contributed by atoms with Gasteiger partial charge in [-0.2, -0.15) is 0 Å². The van der Waals surface area contributed by atoms with E-state index >= 15 is 0 Å². The molecule has 1 unspecified atom stereocenters. The molecule has 2 rings (SSSR count). The number of thiophene rings is 1. The number of hydrogen-bond acceptors (Lipinski definition) is 4. The number of carbonyl (C=O) groups is 3. The molecule has 1 aliphatic rings. The van der Waals surface area contributed by atoms with Crippen LogP contribution in [-0.4, -0.2) is 44.4 Å². The number of anilines is 1. The number of carbonyl (C=O) groups excluding carboxylic acids is 3. The minimum absolute atomic E-state index is 0.0726. The number of hydrogen-bond donors (Lipinski definition) is 4. The van der Waals surface area contributed by atoms with Crippen LogP contribution in [0.4, 0.5) is 5.00 Å². The van der Waals surface area contributed by atoms with Gasteiger partial charge in [-0.15, -0.1) is 11.3 Å². The molecule has 8 heteroatoms. The van der Waals surface area contributed by atoms with Crippen LogP contribution < -0.4 is 21.3 Å². The molecule has 7 nitrogen and oxygen atoms in total. The Labute approximate surface area is 151 Å². The number of fused-ring (bicyclic) bond motifs is 1. The lowest BCUT2D eigenvalue weighted by molar-refractivity contribution is -0.862. The predicted molar refractivity (Wildman–Crippen MR) is 98.0 cm³/mol. The molecule has 0 saturated carbocycles. The number of aryl methyl sites for hydroxylation is 1. The molecule has 1 aliphatic carbocycles. The Kier molecular flexibility index (Phi) is 6.95. The Balaban J connectivity index is 1.97. The second-order valence-corrected chi connectivity index (χ2v) is 7.59. The average molecular weight is 367 g/mol. The second-order valence-electron chi connectivity index (χ2n) is 6.49. The van der Waals surface area contributed by atoms with E-state index in [0.29, 0.717) is 17.1 Å². The molecule has 0 aliphatic heterocycles. The van der Waals surface area contributed by atoms with Gasteiger partial charge in [-0.25, -0.2) is 0 Å². The van der Waals surface area contributed by atoms with E-state index in [9.17, 15) is 14.4 Å².